The van der Waals surface area contributed by atoms with Crippen LogP contribution in [-0.4, -0.2) is 36.5 Å². The summed E-state index contributed by atoms with van der Waals surface area (Å²) in [6, 6.07) is 18.7. The van der Waals surface area contributed by atoms with E-state index in [1.54, 1.807) is 30.3 Å². The predicted octanol–water partition coefficient (Wildman–Crippen LogP) is 4.14. The normalized spacial score (nSPS) is 19.3. The number of thiol groups is 1. The third kappa shape index (κ3) is 4.98. The Morgan fingerprint density at radius 3 is 2.56 bits per heavy atom. The molecule has 4 rings (SSSR count). The zero-order chi connectivity index (χ0) is 22.7. The SMILES string of the molecule is O=C(CCC1CC(S)CN1S(=O)(=O)c1ccc2ccccc2c1)NCc1ccccc1F. The van der Waals surface area contributed by atoms with Crippen LogP contribution in [0.4, 0.5) is 4.39 Å². The lowest BCUT2D eigenvalue weighted by atomic mass is 10.1. The van der Waals surface area contributed by atoms with Gasteiger partial charge >= 0.3 is 0 Å². The molecule has 8 heteroatoms. The van der Waals surface area contributed by atoms with Crippen LogP contribution in [-0.2, 0) is 21.4 Å². The Labute approximate surface area is 193 Å². The molecule has 168 valence electrons. The highest BCUT2D eigenvalue weighted by atomic mass is 32.2. The highest BCUT2D eigenvalue weighted by Gasteiger charge is 2.39. The number of amides is 1. The highest BCUT2D eigenvalue weighted by molar-refractivity contribution is 7.89. The van der Waals surface area contributed by atoms with Crippen molar-refractivity contribution in [2.45, 2.75) is 42.0 Å². The molecule has 1 amide bonds. The molecule has 2 atom stereocenters. The summed E-state index contributed by atoms with van der Waals surface area (Å²) in [4.78, 5) is 12.6. The number of carbonyl (C=O) groups excluding carboxylic acids is 1. The molecule has 0 radical (unpaired) electrons. The molecule has 1 saturated heterocycles. The third-order valence-electron chi connectivity index (χ3n) is 5.81. The van der Waals surface area contributed by atoms with Crippen LogP contribution in [0.3, 0.4) is 0 Å². The lowest BCUT2D eigenvalue weighted by Crippen LogP contribution is -2.36. The van der Waals surface area contributed by atoms with Crippen molar-refractivity contribution < 1.29 is 17.6 Å². The van der Waals surface area contributed by atoms with E-state index in [9.17, 15) is 17.6 Å². The van der Waals surface area contributed by atoms with E-state index < -0.39 is 10.0 Å². The number of rotatable bonds is 7. The molecule has 0 saturated carbocycles. The van der Waals surface area contributed by atoms with E-state index in [1.807, 2.05) is 30.3 Å². The van der Waals surface area contributed by atoms with Gasteiger partial charge in [-0.1, -0.05) is 48.5 Å². The van der Waals surface area contributed by atoms with Crippen LogP contribution in [0, 0.1) is 5.82 Å². The predicted molar refractivity (Wildman–Crippen MR) is 126 cm³/mol. The topological polar surface area (TPSA) is 66.5 Å². The molecular weight excluding hydrogens is 447 g/mol. The Bertz CT molecular complexity index is 1230. The Hall–Kier alpha value is -2.42. The van der Waals surface area contributed by atoms with Crippen LogP contribution in [0.1, 0.15) is 24.8 Å². The molecule has 1 aliphatic rings. The van der Waals surface area contributed by atoms with E-state index in [1.165, 1.54) is 10.4 Å². The van der Waals surface area contributed by atoms with Crippen molar-refractivity contribution in [1.82, 2.24) is 9.62 Å². The Morgan fingerprint density at radius 2 is 1.78 bits per heavy atom. The summed E-state index contributed by atoms with van der Waals surface area (Å²) in [5.74, 6) is -0.604. The molecule has 1 N–H and O–H groups in total. The van der Waals surface area contributed by atoms with Crippen molar-refractivity contribution in [1.29, 1.82) is 0 Å². The number of carbonyl (C=O) groups is 1. The minimum absolute atomic E-state index is 0.0864. The first-order valence-electron chi connectivity index (χ1n) is 10.5. The van der Waals surface area contributed by atoms with Gasteiger partial charge in [-0.15, -0.1) is 0 Å². The van der Waals surface area contributed by atoms with Gasteiger partial charge in [0, 0.05) is 36.4 Å². The third-order valence-corrected chi connectivity index (χ3v) is 8.10. The first kappa shape index (κ1) is 22.8. The summed E-state index contributed by atoms with van der Waals surface area (Å²) in [6.07, 6.45) is 1.12. The number of sulfonamides is 1. The van der Waals surface area contributed by atoms with Crippen LogP contribution >= 0.6 is 12.6 Å². The average Bonchev–Trinajstić information content (AvgIpc) is 3.18. The fourth-order valence-corrected chi connectivity index (χ4v) is 6.38. The number of nitrogens with one attached hydrogen (secondary N) is 1. The lowest BCUT2D eigenvalue weighted by molar-refractivity contribution is -0.121. The summed E-state index contributed by atoms with van der Waals surface area (Å²) in [5, 5.41) is 4.46. The van der Waals surface area contributed by atoms with Crippen molar-refractivity contribution in [3.05, 3.63) is 78.1 Å². The Morgan fingerprint density at radius 1 is 1.06 bits per heavy atom. The molecule has 3 aromatic carbocycles. The molecule has 1 heterocycles. The van der Waals surface area contributed by atoms with E-state index in [0.717, 1.165) is 10.8 Å². The number of benzene rings is 3. The monoisotopic (exact) mass is 472 g/mol. The van der Waals surface area contributed by atoms with Crippen LogP contribution < -0.4 is 5.32 Å². The van der Waals surface area contributed by atoms with Crippen LogP contribution in [0.2, 0.25) is 0 Å². The minimum Gasteiger partial charge on any atom is -0.352 e. The van der Waals surface area contributed by atoms with Gasteiger partial charge in [0.15, 0.2) is 0 Å². The van der Waals surface area contributed by atoms with E-state index in [4.69, 9.17) is 0 Å². The zero-order valence-corrected chi connectivity index (χ0v) is 19.2. The van der Waals surface area contributed by atoms with Crippen molar-refractivity contribution >= 4 is 39.3 Å². The fourth-order valence-electron chi connectivity index (χ4n) is 4.10. The van der Waals surface area contributed by atoms with Crippen molar-refractivity contribution in [3.8, 4) is 0 Å². The van der Waals surface area contributed by atoms with Gasteiger partial charge in [-0.25, -0.2) is 12.8 Å². The molecule has 1 fully saturated rings. The van der Waals surface area contributed by atoms with Gasteiger partial charge in [-0.2, -0.15) is 16.9 Å². The molecule has 0 aliphatic carbocycles. The summed E-state index contributed by atoms with van der Waals surface area (Å²) >= 11 is 4.51. The Kier molecular flexibility index (Phi) is 6.83. The van der Waals surface area contributed by atoms with Gasteiger partial charge in [-0.05, 0) is 41.8 Å². The van der Waals surface area contributed by atoms with E-state index in [2.05, 4.69) is 17.9 Å². The summed E-state index contributed by atoms with van der Waals surface area (Å²) in [6.45, 7) is 0.407. The highest BCUT2D eigenvalue weighted by Crippen LogP contribution is 2.32. The van der Waals surface area contributed by atoms with Crippen molar-refractivity contribution in [2.75, 3.05) is 6.54 Å². The smallest absolute Gasteiger partial charge is 0.243 e. The second-order valence-electron chi connectivity index (χ2n) is 8.03. The maximum Gasteiger partial charge on any atom is 0.243 e. The average molecular weight is 473 g/mol. The van der Waals surface area contributed by atoms with Gasteiger partial charge in [0.1, 0.15) is 5.82 Å². The number of fused-ring (bicyclic) bond motifs is 1. The number of hydrogen-bond acceptors (Lipinski definition) is 4. The molecule has 0 spiro atoms. The van der Waals surface area contributed by atoms with Crippen molar-refractivity contribution in [3.63, 3.8) is 0 Å². The fraction of sp³-hybridized carbons (Fsp3) is 0.292. The first-order chi connectivity index (χ1) is 15.3. The summed E-state index contributed by atoms with van der Waals surface area (Å²) in [7, 11) is -3.72. The van der Waals surface area contributed by atoms with Crippen LogP contribution in [0.25, 0.3) is 10.8 Å². The largest absolute Gasteiger partial charge is 0.352 e. The zero-order valence-electron chi connectivity index (χ0n) is 17.4. The second kappa shape index (κ2) is 9.60. The molecule has 32 heavy (non-hydrogen) atoms. The maximum atomic E-state index is 13.7. The van der Waals surface area contributed by atoms with Gasteiger partial charge in [0.25, 0.3) is 0 Å². The lowest BCUT2D eigenvalue weighted by Gasteiger charge is -2.24. The maximum absolute atomic E-state index is 13.7. The standard InChI is InChI=1S/C24H25FN2O3S2/c25-23-8-4-3-7-19(23)15-26-24(28)12-10-20-14-21(31)16-27(20)32(29,30)22-11-9-17-5-1-2-6-18(17)13-22/h1-9,11,13,20-21,31H,10,12,14-16H2,(H,26,28). The molecule has 0 bridgehead atoms. The quantitative estimate of drug-likeness (QED) is 0.508. The van der Waals surface area contributed by atoms with E-state index in [-0.39, 0.29) is 40.9 Å². The summed E-state index contributed by atoms with van der Waals surface area (Å²) < 4.78 is 41.9. The molecule has 1 aliphatic heterocycles. The molecule has 0 aromatic heterocycles. The van der Waals surface area contributed by atoms with Gasteiger partial charge < -0.3 is 5.32 Å². The molecular formula is C24H25FN2O3S2. The van der Waals surface area contributed by atoms with E-state index in [0.29, 0.717) is 24.9 Å². The van der Waals surface area contributed by atoms with Crippen molar-refractivity contribution in [2.24, 2.45) is 0 Å². The van der Waals surface area contributed by atoms with Gasteiger partial charge in [-0.3, -0.25) is 4.79 Å². The summed E-state index contributed by atoms with van der Waals surface area (Å²) in [5.41, 5.74) is 0.414. The Balaban J connectivity index is 1.43. The number of halogens is 1. The first-order valence-corrected chi connectivity index (χ1v) is 12.5. The molecule has 2 unspecified atom stereocenters. The van der Waals surface area contributed by atoms with Crippen LogP contribution in [0.15, 0.2) is 71.6 Å². The number of nitrogens with zero attached hydrogens (tertiary/aromatic N) is 1. The molecule has 5 nitrogen and oxygen atoms in total. The molecule has 3 aromatic rings. The van der Waals surface area contributed by atoms with E-state index >= 15 is 0 Å². The van der Waals surface area contributed by atoms with Gasteiger partial charge in [0.2, 0.25) is 15.9 Å². The number of hydrogen-bond donors (Lipinski definition) is 2. The van der Waals surface area contributed by atoms with Gasteiger partial charge in [0.05, 0.1) is 4.90 Å². The minimum atomic E-state index is -3.72. The second-order valence-corrected chi connectivity index (χ2v) is 10.7. The van der Waals surface area contributed by atoms with Crippen LogP contribution in [0.5, 0.6) is 0 Å².